The number of amides is 1. The molecule has 1 aromatic heterocycles. The Morgan fingerprint density at radius 2 is 2.37 bits per heavy atom. The number of rotatable bonds is 5. The van der Waals surface area contributed by atoms with Crippen molar-refractivity contribution in [2.24, 2.45) is 5.92 Å². The molecule has 4 nitrogen and oxygen atoms in total. The molecule has 0 unspecified atom stereocenters. The lowest BCUT2D eigenvalue weighted by atomic mass is 9.82. The number of aromatic nitrogens is 1. The van der Waals surface area contributed by atoms with Crippen molar-refractivity contribution in [3.8, 4) is 0 Å². The number of methoxy groups -OCH3 is 1. The molecule has 1 saturated carbocycles. The molecule has 19 heavy (non-hydrogen) atoms. The Bertz CT molecular complexity index is 465. The number of hydrogen-bond acceptors (Lipinski definition) is 3. The van der Waals surface area contributed by atoms with E-state index in [2.05, 4.69) is 10.3 Å². The molecule has 1 N–H and O–H groups in total. The highest BCUT2D eigenvalue weighted by Gasteiger charge is 2.28. The van der Waals surface area contributed by atoms with Crippen LogP contribution in [0.3, 0.4) is 0 Å². The molecule has 1 heterocycles. The normalized spacial score (nSPS) is 22.2. The van der Waals surface area contributed by atoms with Gasteiger partial charge in [-0.25, -0.2) is 0 Å². The van der Waals surface area contributed by atoms with Gasteiger partial charge >= 0.3 is 0 Å². The molecule has 1 fully saturated rings. The quantitative estimate of drug-likeness (QED) is 0.823. The van der Waals surface area contributed by atoms with Gasteiger partial charge in [0.05, 0.1) is 6.10 Å². The van der Waals surface area contributed by atoms with Gasteiger partial charge in [-0.05, 0) is 49.0 Å². The van der Waals surface area contributed by atoms with Crippen molar-refractivity contribution in [1.29, 1.82) is 0 Å². The lowest BCUT2D eigenvalue weighted by molar-refractivity contribution is -0.117. The van der Waals surface area contributed by atoms with Crippen LogP contribution >= 0.6 is 0 Å². The largest absolute Gasteiger partial charge is 0.381 e. The Hall–Kier alpha value is -1.68. The van der Waals surface area contributed by atoms with Crippen LogP contribution in [0.2, 0.25) is 0 Å². The SMILES string of the molecule is COC1CC(CNC(=O)/C=C/c2cnccc2C)C1. The molecule has 1 aliphatic rings. The summed E-state index contributed by atoms with van der Waals surface area (Å²) in [5, 5.41) is 2.92. The van der Waals surface area contributed by atoms with Gasteiger partial charge in [0.2, 0.25) is 5.91 Å². The molecule has 0 saturated heterocycles. The van der Waals surface area contributed by atoms with Crippen molar-refractivity contribution in [3.05, 3.63) is 35.7 Å². The summed E-state index contributed by atoms with van der Waals surface area (Å²) in [6.45, 7) is 2.73. The van der Waals surface area contributed by atoms with Crippen LogP contribution in [0.1, 0.15) is 24.0 Å². The van der Waals surface area contributed by atoms with Crippen molar-refractivity contribution < 1.29 is 9.53 Å². The molecule has 1 aliphatic carbocycles. The number of carbonyl (C=O) groups is 1. The number of pyridine rings is 1. The summed E-state index contributed by atoms with van der Waals surface area (Å²) in [5.41, 5.74) is 2.08. The summed E-state index contributed by atoms with van der Waals surface area (Å²) in [6.07, 6.45) is 9.34. The van der Waals surface area contributed by atoms with Crippen molar-refractivity contribution >= 4 is 12.0 Å². The van der Waals surface area contributed by atoms with Crippen LogP contribution in [0.15, 0.2) is 24.5 Å². The fraction of sp³-hybridized carbons (Fsp3) is 0.467. The summed E-state index contributed by atoms with van der Waals surface area (Å²) in [6, 6.07) is 1.93. The smallest absolute Gasteiger partial charge is 0.244 e. The van der Waals surface area contributed by atoms with Gasteiger partial charge in [-0.15, -0.1) is 0 Å². The maximum Gasteiger partial charge on any atom is 0.244 e. The highest BCUT2D eigenvalue weighted by Crippen LogP contribution is 2.28. The molecular formula is C15H20N2O2. The van der Waals surface area contributed by atoms with Crippen LogP contribution in [0.5, 0.6) is 0 Å². The topological polar surface area (TPSA) is 51.2 Å². The maximum absolute atomic E-state index is 11.7. The Morgan fingerprint density at radius 3 is 3.05 bits per heavy atom. The third-order valence-corrected chi connectivity index (χ3v) is 3.58. The predicted octanol–water partition coefficient (Wildman–Crippen LogP) is 1.94. The fourth-order valence-corrected chi connectivity index (χ4v) is 2.15. The van der Waals surface area contributed by atoms with Crippen molar-refractivity contribution in [2.45, 2.75) is 25.9 Å². The Kier molecular flexibility index (Phi) is 4.68. The molecule has 0 aliphatic heterocycles. The van der Waals surface area contributed by atoms with E-state index in [4.69, 9.17) is 4.74 Å². The molecule has 0 atom stereocenters. The van der Waals surface area contributed by atoms with E-state index >= 15 is 0 Å². The minimum atomic E-state index is -0.0517. The van der Waals surface area contributed by atoms with Crippen molar-refractivity contribution in [1.82, 2.24) is 10.3 Å². The van der Waals surface area contributed by atoms with E-state index in [1.807, 2.05) is 13.0 Å². The Balaban J connectivity index is 1.74. The summed E-state index contributed by atoms with van der Waals surface area (Å²) >= 11 is 0. The van der Waals surface area contributed by atoms with E-state index in [0.29, 0.717) is 12.0 Å². The Labute approximate surface area is 113 Å². The van der Waals surface area contributed by atoms with Gasteiger partial charge in [0, 0.05) is 32.1 Å². The molecule has 4 heteroatoms. The van der Waals surface area contributed by atoms with Gasteiger partial charge in [-0.1, -0.05) is 0 Å². The first-order chi connectivity index (χ1) is 9.19. The van der Waals surface area contributed by atoms with Crippen LogP contribution in [0, 0.1) is 12.8 Å². The number of ether oxygens (including phenoxy) is 1. The maximum atomic E-state index is 11.7. The van der Waals surface area contributed by atoms with Crippen LogP contribution in [0.4, 0.5) is 0 Å². The van der Waals surface area contributed by atoms with Gasteiger partial charge in [-0.3, -0.25) is 9.78 Å². The van der Waals surface area contributed by atoms with Crippen LogP contribution in [0.25, 0.3) is 6.08 Å². The van der Waals surface area contributed by atoms with Gasteiger partial charge in [-0.2, -0.15) is 0 Å². The number of hydrogen-bond donors (Lipinski definition) is 1. The minimum Gasteiger partial charge on any atom is -0.381 e. The molecule has 102 valence electrons. The average Bonchev–Trinajstić information content (AvgIpc) is 2.36. The molecule has 1 aromatic rings. The molecular weight excluding hydrogens is 240 g/mol. The van der Waals surface area contributed by atoms with Crippen molar-refractivity contribution in [3.63, 3.8) is 0 Å². The molecule has 0 spiro atoms. The number of aryl methyl sites for hydroxylation is 1. The summed E-state index contributed by atoms with van der Waals surface area (Å²) in [5.74, 6) is 0.506. The zero-order chi connectivity index (χ0) is 13.7. The van der Waals surface area contributed by atoms with E-state index in [9.17, 15) is 4.79 Å². The first kappa shape index (κ1) is 13.7. The van der Waals surface area contributed by atoms with E-state index in [0.717, 1.165) is 30.5 Å². The number of carbonyl (C=O) groups excluding carboxylic acids is 1. The lowest BCUT2D eigenvalue weighted by Gasteiger charge is -2.33. The summed E-state index contributed by atoms with van der Waals surface area (Å²) in [4.78, 5) is 15.7. The lowest BCUT2D eigenvalue weighted by Crippen LogP contribution is -2.38. The second-order valence-corrected chi connectivity index (χ2v) is 5.01. The van der Waals surface area contributed by atoms with Crippen LogP contribution in [-0.4, -0.2) is 30.6 Å². The second kappa shape index (κ2) is 6.48. The molecule has 0 aromatic carbocycles. The minimum absolute atomic E-state index is 0.0517. The van der Waals surface area contributed by atoms with Gasteiger partial charge in [0.25, 0.3) is 0 Å². The molecule has 2 rings (SSSR count). The summed E-state index contributed by atoms with van der Waals surface area (Å²) < 4.78 is 5.21. The van der Waals surface area contributed by atoms with Crippen LogP contribution in [-0.2, 0) is 9.53 Å². The monoisotopic (exact) mass is 260 g/mol. The Morgan fingerprint density at radius 1 is 1.58 bits per heavy atom. The highest BCUT2D eigenvalue weighted by atomic mass is 16.5. The third kappa shape index (κ3) is 3.89. The van der Waals surface area contributed by atoms with Crippen LogP contribution < -0.4 is 5.32 Å². The third-order valence-electron chi connectivity index (χ3n) is 3.58. The van der Waals surface area contributed by atoms with E-state index in [1.54, 1.807) is 31.7 Å². The predicted molar refractivity (Wildman–Crippen MR) is 74.5 cm³/mol. The first-order valence-corrected chi connectivity index (χ1v) is 6.58. The van der Waals surface area contributed by atoms with E-state index < -0.39 is 0 Å². The zero-order valence-electron chi connectivity index (χ0n) is 11.4. The van der Waals surface area contributed by atoms with Gasteiger partial charge in [0.15, 0.2) is 0 Å². The number of nitrogens with zero attached hydrogens (tertiary/aromatic N) is 1. The second-order valence-electron chi connectivity index (χ2n) is 5.01. The summed E-state index contributed by atoms with van der Waals surface area (Å²) in [7, 11) is 1.73. The zero-order valence-corrected chi connectivity index (χ0v) is 11.4. The number of nitrogens with one attached hydrogen (secondary N) is 1. The van der Waals surface area contributed by atoms with E-state index in [-0.39, 0.29) is 5.91 Å². The highest BCUT2D eigenvalue weighted by molar-refractivity contribution is 5.91. The van der Waals surface area contributed by atoms with Crippen molar-refractivity contribution in [2.75, 3.05) is 13.7 Å². The first-order valence-electron chi connectivity index (χ1n) is 6.58. The molecule has 0 bridgehead atoms. The van der Waals surface area contributed by atoms with Gasteiger partial charge < -0.3 is 10.1 Å². The average molecular weight is 260 g/mol. The molecule has 0 radical (unpaired) electrons. The van der Waals surface area contributed by atoms with Gasteiger partial charge in [0.1, 0.15) is 0 Å². The standard InChI is InChI=1S/C15H20N2O2/c1-11-5-6-16-10-13(11)3-4-15(18)17-9-12-7-14(8-12)19-2/h3-6,10,12,14H,7-9H2,1-2H3,(H,17,18)/b4-3+. The fourth-order valence-electron chi connectivity index (χ4n) is 2.15. The van der Waals surface area contributed by atoms with E-state index in [1.165, 1.54) is 0 Å². The molecule has 1 amide bonds.